The largest absolute Gasteiger partial charge is 0.343 e. The van der Waals surface area contributed by atoms with Gasteiger partial charge in [0.05, 0.1) is 11.6 Å². The van der Waals surface area contributed by atoms with Crippen LogP contribution in [-0.2, 0) is 11.2 Å². The number of amides is 1. The molecule has 0 spiro atoms. The van der Waals surface area contributed by atoms with Crippen molar-refractivity contribution in [2.45, 2.75) is 25.7 Å². The highest BCUT2D eigenvalue weighted by Gasteiger charge is 2.17. The number of nitriles is 1. The van der Waals surface area contributed by atoms with E-state index in [0.29, 0.717) is 12.0 Å². The molecule has 1 heterocycles. The van der Waals surface area contributed by atoms with Crippen molar-refractivity contribution in [1.82, 2.24) is 4.90 Å². The van der Waals surface area contributed by atoms with Gasteiger partial charge in [-0.15, -0.1) is 0 Å². The van der Waals surface area contributed by atoms with E-state index in [1.54, 1.807) is 12.1 Å². The zero-order chi connectivity index (χ0) is 12.1. The van der Waals surface area contributed by atoms with Crippen molar-refractivity contribution in [3.63, 3.8) is 0 Å². The third-order valence-electron chi connectivity index (χ3n) is 3.17. The van der Waals surface area contributed by atoms with Crippen molar-refractivity contribution in [2.75, 3.05) is 13.1 Å². The second kappa shape index (κ2) is 5.49. The van der Waals surface area contributed by atoms with Crippen molar-refractivity contribution in [1.29, 1.82) is 5.26 Å². The van der Waals surface area contributed by atoms with Gasteiger partial charge in [-0.05, 0) is 37.0 Å². The van der Waals surface area contributed by atoms with Crippen LogP contribution in [0.5, 0.6) is 0 Å². The highest BCUT2D eigenvalue weighted by Crippen LogP contribution is 2.11. The maximum Gasteiger partial charge on any atom is 0.222 e. The Morgan fingerprint density at radius 3 is 2.47 bits per heavy atom. The first-order valence-electron chi connectivity index (χ1n) is 6.06. The Balaban J connectivity index is 1.84. The van der Waals surface area contributed by atoms with Crippen LogP contribution in [0.25, 0.3) is 0 Å². The van der Waals surface area contributed by atoms with Crippen LogP contribution in [0.15, 0.2) is 24.3 Å². The lowest BCUT2D eigenvalue weighted by atomic mass is 10.1. The zero-order valence-corrected chi connectivity index (χ0v) is 9.85. The van der Waals surface area contributed by atoms with Crippen LogP contribution >= 0.6 is 0 Å². The second-order valence-electron chi connectivity index (χ2n) is 4.40. The minimum Gasteiger partial charge on any atom is -0.343 e. The summed E-state index contributed by atoms with van der Waals surface area (Å²) in [6, 6.07) is 9.54. The smallest absolute Gasteiger partial charge is 0.222 e. The van der Waals surface area contributed by atoms with Crippen LogP contribution in [-0.4, -0.2) is 23.9 Å². The van der Waals surface area contributed by atoms with E-state index in [4.69, 9.17) is 5.26 Å². The molecule has 1 amide bonds. The van der Waals surface area contributed by atoms with E-state index < -0.39 is 0 Å². The molecule has 1 aliphatic heterocycles. The zero-order valence-electron chi connectivity index (χ0n) is 9.85. The molecule has 1 fully saturated rings. The summed E-state index contributed by atoms with van der Waals surface area (Å²) in [4.78, 5) is 13.8. The van der Waals surface area contributed by atoms with Crippen LogP contribution in [0.1, 0.15) is 30.4 Å². The summed E-state index contributed by atoms with van der Waals surface area (Å²) in [5.74, 6) is 0.256. The standard InChI is InChI=1S/C14H16N2O/c15-11-13-5-3-12(4-6-13)7-8-14(17)16-9-1-2-10-16/h3-6H,1-2,7-10H2. The van der Waals surface area contributed by atoms with E-state index in [0.717, 1.165) is 37.9 Å². The fraction of sp³-hybridized carbons (Fsp3) is 0.429. The minimum atomic E-state index is 0.256. The van der Waals surface area contributed by atoms with E-state index >= 15 is 0 Å². The number of benzene rings is 1. The first-order valence-corrected chi connectivity index (χ1v) is 6.06. The molecule has 0 aromatic heterocycles. The van der Waals surface area contributed by atoms with Gasteiger partial charge in [0, 0.05) is 19.5 Å². The molecule has 0 atom stereocenters. The lowest BCUT2D eigenvalue weighted by Crippen LogP contribution is -2.27. The quantitative estimate of drug-likeness (QED) is 0.795. The van der Waals surface area contributed by atoms with Gasteiger partial charge in [-0.2, -0.15) is 5.26 Å². The molecular weight excluding hydrogens is 212 g/mol. The summed E-state index contributed by atoms with van der Waals surface area (Å²) in [7, 11) is 0. The fourth-order valence-corrected chi connectivity index (χ4v) is 2.12. The summed E-state index contributed by atoms with van der Waals surface area (Å²) in [6.07, 6.45) is 3.62. The number of likely N-dealkylation sites (tertiary alicyclic amines) is 1. The Kier molecular flexibility index (Phi) is 3.77. The molecule has 3 nitrogen and oxygen atoms in total. The molecule has 0 N–H and O–H groups in total. The molecule has 0 unspecified atom stereocenters. The van der Waals surface area contributed by atoms with Gasteiger partial charge < -0.3 is 4.90 Å². The Morgan fingerprint density at radius 2 is 1.88 bits per heavy atom. The lowest BCUT2D eigenvalue weighted by molar-refractivity contribution is -0.130. The molecule has 0 bridgehead atoms. The van der Waals surface area contributed by atoms with Gasteiger partial charge in [-0.3, -0.25) is 4.79 Å². The van der Waals surface area contributed by atoms with Gasteiger partial charge in [-0.1, -0.05) is 12.1 Å². The molecule has 0 aliphatic carbocycles. The maximum absolute atomic E-state index is 11.8. The van der Waals surface area contributed by atoms with Crippen LogP contribution in [0.2, 0.25) is 0 Å². The summed E-state index contributed by atoms with van der Waals surface area (Å²) in [6.45, 7) is 1.85. The van der Waals surface area contributed by atoms with Crippen LogP contribution in [0, 0.1) is 11.3 Å². The number of hydrogen-bond acceptors (Lipinski definition) is 2. The highest BCUT2D eigenvalue weighted by molar-refractivity contribution is 5.76. The average molecular weight is 228 g/mol. The van der Waals surface area contributed by atoms with E-state index in [2.05, 4.69) is 6.07 Å². The Bertz CT molecular complexity index is 425. The molecule has 3 heteroatoms. The molecule has 88 valence electrons. The third-order valence-corrected chi connectivity index (χ3v) is 3.17. The first kappa shape index (κ1) is 11.7. The monoisotopic (exact) mass is 228 g/mol. The normalized spacial score (nSPS) is 14.6. The topological polar surface area (TPSA) is 44.1 Å². The maximum atomic E-state index is 11.8. The molecule has 0 radical (unpaired) electrons. The van der Waals surface area contributed by atoms with E-state index in [-0.39, 0.29) is 5.91 Å². The highest BCUT2D eigenvalue weighted by atomic mass is 16.2. The summed E-state index contributed by atoms with van der Waals surface area (Å²) in [5, 5.41) is 8.68. The van der Waals surface area contributed by atoms with Crippen molar-refractivity contribution in [3.05, 3.63) is 35.4 Å². The molecule has 1 saturated heterocycles. The molecule has 17 heavy (non-hydrogen) atoms. The minimum absolute atomic E-state index is 0.256. The predicted octanol–water partition coefficient (Wildman–Crippen LogP) is 2.11. The first-order chi connectivity index (χ1) is 8.29. The number of hydrogen-bond donors (Lipinski definition) is 0. The molecule has 1 aromatic rings. The third kappa shape index (κ3) is 3.07. The number of rotatable bonds is 3. The van der Waals surface area contributed by atoms with E-state index in [1.807, 2.05) is 17.0 Å². The Hall–Kier alpha value is -1.82. The molecule has 1 aliphatic rings. The average Bonchev–Trinajstić information content (AvgIpc) is 2.90. The molecule has 2 rings (SSSR count). The van der Waals surface area contributed by atoms with Gasteiger partial charge in [-0.25, -0.2) is 0 Å². The summed E-state index contributed by atoms with van der Waals surface area (Å²) < 4.78 is 0. The second-order valence-corrected chi connectivity index (χ2v) is 4.40. The summed E-state index contributed by atoms with van der Waals surface area (Å²) in [5.41, 5.74) is 1.79. The van der Waals surface area contributed by atoms with E-state index in [1.165, 1.54) is 0 Å². The van der Waals surface area contributed by atoms with Gasteiger partial charge in [0.1, 0.15) is 0 Å². The fourth-order valence-electron chi connectivity index (χ4n) is 2.12. The van der Waals surface area contributed by atoms with Crippen molar-refractivity contribution < 1.29 is 4.79 Å². The van der Waals surface area contributed by atoms with Gasteiger partial charge >= 0.3 is 0 Å². The Labute approximate surface area is 102 Å². The van der Waals surface area contributed by atoms with Crippen molar-refractivity contribution in [3.8, 4) is 6.07 Å². The van der Waals surface area contributed by atoms with Crippen LogP contribution < -0.4 is 0 Å². The van der Waals surface area contributed by atoms with Crippen LogP contribution in [0.3, 0.4) is 0 Å². The van der Waals surface area contributed by atoms with E-state index in [9.17, 15) is 4.79 Å². The number of aryl methyl sites for hydroxylation is 1. The van der Waals surface area contributed by atoms with Crippen molar-refractivity contribution in [2.24, 2.45) is 0 Å². The number of carbonyl (C=O) groups is 1. The molecular formula is C14H16N2O. The molecule has 0 saturated carbocycles. The van der Waals surface area contributed by atoms with Gasteiger partial charge in [0.2, 0.25) is 5.91 Å². The number of nitrogens with zero attached hydrogens (tertiary/aromatic N) is 2. The molecule has 1 aromatic carbocycles. The van der Waals surface area contributed by atoms with Gasteiger partial charge in [0.25, 0.3) is 0 Å². The predicted molar refractivity (Wildman–Crippen MR) is 65.3 cm³/mol. The van der Waals surface area contributed by atoms with Crippen LogP contribution in [0.4, 0.5) is 0 Å². The number of carbonyl (C=O) groups excluding carboxylic acids is 1. The van der Waals surface area contributed by atoms with Crippen molar-refractivity contribution >= 4 is 5.91 Å². The summed E-state index contributed by atoms with van der Waals surface area (Å²) >= 11 is 0. The SMILES string of the molecule is N#Cc1ccc(CCC(=O)N2CCCC2)cc1. The Morgan fingerprint density at radius 1 is 1.24 bits per heavy atom. The lowest BCUT2D eigenvalue weighted by Gasteiger charge is -2.14. The van der Waals surface area contributed by atoms with Gasteiger partial charge in [0.15, 0.2) is 0 Å².